The fraction of sp³-hybridized carbons (Fsp3) is 0.0476. The molecule has 3 aromatic heterocycles. The van der Waals surface area contributed by atoms with E-state index in [1.165, 1.54) is 6.20 Å². The number of anilines is 1. The second kappa shape index (κ2) is 7.71. The van der Waals surface area contributed by atoms with Crippen molar-refractivity contribution < 1.29 is 4.79 Å². The largest absolute Gasteiger partial charge is 0.380 e. The number of nitrogens with two attached hydrogens (primary N) is 1. The van der Waals surface area contributed by atoms with E-state index in [4.69, 9.17) is 10.8 Å². The number of benzene rings is 1. The van der Waals surface area contributed by atoms with Crippen LogP contribution in [0.2, 0.25) is 0 Å². The number of carbonyl (C=O) groups is 1. The summed E-state index contributed by atoms with van der Waals surface area (Å²) in [6.45, 7) is 0.467. The summed E-state index contributed by atoms with van der Waals surface area (Å²) < 4.78 is 1.84. The van der Waals surface area contributed by atoms with Crippen molar-refractivity contribution >= 4 is 11.6 Å². The van der Waals surface area contributed by atoms with Gasteiger partial charge in [0.25, 0.3) is 5.91 Å². The smallest absolute Gasteiger partial charge is 0.252 e. The highest BCUT2D eigenvalue weighted by atomic mass is 16.1. The molecule has 4 rings (SSSR count). The lowest BCUT2D eigenvalue weighted by atomic mass is 10.1. The van der Waals surface area contributed by atoms with Gasteiger partial charge >= 0.3 is 0 Å². The molecule has 0 saturated carbocycles. The first-order valence-corrected chi connectivity index (χ1v) is 8.74. The van der Waals surface area contributed by atoms with E-state index in [-0.39, 0.29) is 0 Å². The van der Waals surface area contributed by atoms with Gasteiger partial charge in [0.2, 0.25) is 0 Å². The summed E-state index contributed by atoms with van der Waals surface area (Å²) in [4.78, 5) is 19.7. The van der Waals surface area contributed by atoms with Crippen molar-refractivity contribution in [2.24, 2.45) is 5.73 Å². The highest BCUT2D eigenvalue weighted by Crippen LogP contribution is 2.24. The van der Waals surface area contributed by atoms with Crippen molar-refractivity contribution in [3.8, 4) is 16.9 Å². The summed E-state index contributed by atoms with van der Waals surface area (Å²) in [5, 5.41) is 8.04. The minimum absolute atomic E-state index is 0.350. The number of aromatic nitrogens is 4. The molecule has 0 fully saturated rings. The first-order valence-electron chi connectivity index (χ1n) is 8.74. The predicted molar refractivity (Wildman–Crippen MR) is 107 cm³/mol. The number of para-hydroxylation sites is 1. The van der Waals surface area contributed by atoms with Crippen LogP contribution >= 0.6 is 0 Å². The lowest BCUT2D eigenvalue weighted by Gasteiger charge is -2.09. The molecule has 0 saturated heterocycles. The molecule has 4 aromatic rings. The zero-order valence-electron chi connectivity index (χ0n) is 15.0. The fourth-order valence-corrected chi connectivity index (χ4v) is 2.94. The van der Waals surface area contributed by atoms with Gasteiger partial charge in [-0.2, -0.15) is 5.10 Å². The van der Waals surface area contributed by atoms with Gasteiger partial charge in [-0.05, 0) is 30.3 Å². The number of hydrogen-bond donors (Lipinski definition) is 2. The maximum absolute atomic E-state index is 11.6. The molecule has 1 amide bonds. The molecule has 0 atom stereocenters. The summed E-state index contributed by atoms with van der Waals surface area (Å²) in [6, 6.07) is 15.5. The number of rotatable bonds is 6. The first kappa shape index (κ1) is 17.4. The van der Waals surface area contributed by atoms with Crippen LogP contribution in [0.5, 0.6) is 0 Å². The van der Waals surface area contributed by atoms with Crippen LogP contribution in [0.4, 0.5) is 5.69 Å². The molecule has 3 N–H and O–H groups in total. The van der Waals surface area contributed by atoms with Gasteiger partial charge in [-0.3, -0.25) is 14.8 Å². The lowest BCUT2D eigenvalue weighted by molar-refractivity contribution is 0.100. The molecule has 28 heavy (non-hydrogen) atoms. The summed E-state index contributed by atoms with van der Waals surface area (Å²) in [7, 11) is 0. The molecule has 0 aliphatic rings. The monoisotopic (exact) mass is 370 g/mol. The lowest BCUT2D eigenvalue weighted by Crippen LogP contribution is -2.14. The molecule has 3 heterocycles. The van der Waals surface area contributed by atoms with E-state index in [2.05, 4.69) is 15.3 Å². The number of carbonyl (C=O) groups excluding carboxylic acids is 1. The Kier molecular flexibility index (Phi) is 4.79. The summed E-state index contributed by atoms with van der Waals surface area (Å²) in [5.41, 5.74) is 10.2. The molecule has 0 spiro atoms. The highest BCUT2D eigenvalue weighted by Gasteiger charge is 2.14. The van der Waals surface area contributed by atoms with Crippen LogP contribution in [0.25, 0.3) is 16.9 Å². The molecule has 0 unspecified atom stereocenters. The van der Waals surface area contributed by atoms with Crippen molar-refractivity contribution in [1.29, 1.82) is 0 Å². The minimum Gasteiger partial charge on any atom is -0.380 e. The van der Waals surface area contributed by atoms with Gasteiger partial charge in [-0.1, -0.05) is 18.2 Å². The maximum atomic E-state index is 11.6. The van der Waals surface area contributed by atoms with Crippen molar-refractivity contribution in [1.82, 2.24) is 19.7 Å². The molecular weight excluding hydrogens is 352 g/mol. The van der Waals surface area contributed by atoms with E-state index in [0.717, 1.165) is 22.5 Å². The number of pyridine rings is 2. The number of nitrogens with zero attached hydrogens (tertiary/aromatic N) is 4. The zero-order chi connectivity index (χ0) is 19.3. The van der Waals surface area contributed by atoms with E-state index in [9.17, 15) is 4.79 Å². The quantitative estimate of drug-likeness (QED) is 0.543. The van der Waals surface area contributed by atoms with Gasteiger partial charge in [0.15, 0.2) is 0 Å². The average molecular weight is 370 g/mol. The third-order valence-electron chi connectivity index (χ3n) is 4.32. The third kappa shape index (κ3) is 3.59. The Morgan fingerprint density at radius 1 is 1.00 bits per heavy atom. The van der Waals surface area contributed by atoms with E-state index in [1.54, 1.807) is 24.7 Å². The molecule has 0 bridgehead atoms. The first-order chi connectivity index (χ1) is 13.7. The standard InChI is InChI=1S/C21H18N6O/c22-21(28)18-13-24-11-8-19(18)25-12-16-14-27(17-4-2-1-3-5-17)26-20(16)15-6-9-23-10-7-15/h1-11,13-14H,12H2,(H2,22,28)(H,24,25). The number of hydrogen-bond acceptors (Lipinski definition) is 5. The van der Waals surface area contributed by atoms with Crippen LogP contribution in [0.15, 0.2) is 79.5 Å². The second-order valence-electron chi connectivity index (χ2n) is 6.16. The van der Waals surface area contributed by atoms with Crippen molar-refractivity contribution in [2.75, 3.05) is 5.32 Å². The van der Waals surface area contributed by atoms with E-state index in [0.29, 0.717) is 17.8 Å². The molecule has 138 valence electrons. The molecule has 0 aliphatic heterocycles. The molecule has 0 aliphatic carbocycles. The molecular formula is C21H18N6O. The van der Waals surface area contributed by atoms with Crippen molar-refractivity contribution in [2.45, 2.75) is 6.54 Å². The van der Waals surface area contributed by atoms with Crippen LogP contribution < -0.4 is 11.1 Å². The minimum atomic E-state index is -0.523. The number of nitrogens with one attached hydrogen (secondary N) is 1. The van der Waals surface area contributed by atoms with Crippen LogP contribution in [0, 0.1) is 0 Å². The molecule has 0 radical (unpaired) electrons. The van der Waals surface area contributed by atoms with E-state index < -0.39 is 5.91 Å². The third-order valence-corrected chi connectivity index (χ3v) is 4.32. The summed E-state index contributed by atoms with van der Waals surface area (Å²) >= 11 is 0. The Balaban J connectivity index is 1.70. The normalized spacial score (nSPS) is 10.6. The fourth-order valence-electron chi connectivity index (χ4n) is 2.94. The Bertz CT molecular complexity index is 1090. The van der Waals surface area contributed by atoms with Crippen molar-refractivity contribution in [3.05, 3.63) is 90.6 Å². The number of primary amides is 1. The second-order valence-corrected chi connectivity index (χ2v) is 6.16. The predicted octanol–water partition coefficient (Wildman–Crippen LogP) is 3.04. The van der Waals surface area contributed by atoms with Crippen LogP contribution in [0.1, 0.15) is 15.9 Å². The number of amides is 1. The average Bonchev–Trinajstić information content (AvgIpc) is 3.18. The Morgan fingerprint density at radius 3 is 2.50 bits per heavy atom. The van der Waals surface area contributed by atoms with Crippen LogP contribution in [-0.4, -0.2) is 25.7 Å². The molecule has 7 nitrogen and oxygen atoms in total. The maximum Gasteiger partial charge on any atom is 0.252 e. The summed E-state index contributed by atoms with van der Waals surface area (Å²) in [6.07, 6.45) is 8.53. The van der Waals surface area contributed by atoms with Gasteiger partial charge in [0, 0.05) is 48.7 Å². The van der Waals surface area contributed by atoms with Gasteiger partial charge in [-0.25, -0.2) is 4.68 Å². The Labute approximate surface area is 161 Å². The van der Waals surface area contributed by atoms with Crippen LogP contribution in [-0.2, 0) is 6.54 Å². The Hall–Kier alpha value is -4.00. The van der Waals surface area contributed by atoms with Gasteiger partial charge in [0.05, 0.1) is 22.6 Å². The summed E-state index contributed by atoms with van der Waals surface area (Å²) in [5.74, 6) is -0.523. The topological polar surface area (TPSA) is 98.7 Å². The van der Waals surface area contributed by atoms with E-state index in [1.807, 2.05) is 53.3 Å². The highest BCUT2D eigenvalue weighted by molar-refractivity contribution is 5.98. The zero-order valence-corrected chi connectivity index (χ0v) is 15.0. The van der Waals surface area contributed by atoms with Crippen LogP contribution in [0.3, 0.4) is 0 Å². The van der Waals surface area contributed by atoms with Gasteiger partial charge in [-0.15, -0.1) is 0 Å². The Morgan fingerprint density at radius 2 is 1.75 bits per heavy atom. The van der Waals surface area contributed by atoms with Crippen molar-refractivity contribution in [3.63, 3.8) is 0 Å². The molecule has 1 aromatic carbocycles. The van der Waals surface area contributed by atoms with Gasteiger partial charge < -0.3 is 11.1 Å². The molecule has 7 heteroatoms. The SMILES string of the molecule is NC(=O)c1cnccc1NCc1cn(-c2ccccc2)nc1-c1ccncc1. The van der Waals surface area contributed by atoms with E-state index >= 15 is 0 Å². The van der Waals surface area contributed by atoms with Gasteiger partial charge in [0.1, 0.15) is 0 Å².